The van der Waals surface area contributed by atoms with Crippen LogP contribution in [-0.2, 0) is 51.2 Å². The van der Waals surface area contributed by atoms with E-state index >= 15 is 0 Å². The van der Waals surface area contributed by atoms with E-state index in [1.54, 1.807) is 6.20 Å². The van der Waals surface area contributed by atoms with E-state index in [0.29, 0.717) is 17.7 Å². The number of aliphatic hydroxyl groups is 2. The molecule has 320 valence electrons. The summed E-state index contributed by atoms with van der Waals surface area (Å²) in [5, 5.41) is 42.3. The Balaban J connectivity index is 1.46. The first-order valence-corrected chi connectivity index (χ1v) is 18.9. The normalized spacial score (nSPS) is 17.4. The maximum Gasteiger partial charge on any atom is 0.326 e. The van der Waals surface area contributed by atoms with Gasteiger partial charge in [-0.25, -0.2) is 9.78 Å². The van der Waals surface area contributed by atoms with Crippen molar-refractivity contribution in [1.82, 2.24) is 46.4 Å². The number of benzene rings is 1. The standard InChI is InChI=1S/C37H51N11O11/c1-18(43-33(54)25(9-10-29(39)51)44-35(56)30(19(2)50)47-32(53)23(38)16-49)31(52)45-26(13-21-15-40-17-42-21)36(57)48-11-5-8-28(48)34(55)46-27(37(58)59)12-20-14-41-24-7-4-3-6-22(20)24/h3-4,6-7,14-15,17-19,23,25-28,30,41,49-50H,5,8-13,16,38H2,1-2H3,(H2,39,51)(H,40,42)(H,43,54)(H,44,56)(H,45,52)(H,46,55)(H,47,53)(H,58,59)/t18-,19+,23-,25-,26-,27-,28-,30-/m0/s1. The van der Waals surface area contributed by atoms with Crippen molar-refractivity contribution in [2.45, 2.75) is 101 Å². The van der Waals surface area contributed by atoms with Crippen LogP contribution < -0.4 is 38.1 Å². The van der Waals surface area contributed by atoms with Gasteiger partial charge in [0.1, 0.15) is 42.3 Å². The van der Waals surface area contributed by atoms with Crippen LogP contribution >= 0.6 is 0 Å². The molecule has 22 nitrogen and oxygen atoms in total. The van der Waals surface area contributed by atoms with Crippen LogP contribution in [0.15, 0.2) is 43.0 Å². The SMILES string of the molecule is C[C@H](NC(=O)[C@H](CCC(N)=O)NC(=O)[C@@H](NC(=O)[C@@H](N)CO)[C@@H](C)O)C(=O)N[C@@H](Cc1cnc[nH]1)C(=O)N1CCC[C@H]1C(=O)N[C@@H](Cc1c[nH]c2ccccc12)C(=O)O. The number of carbonyl (C=O) groups is 8. The number of rotatable bonds is 21. The quantitative estimate of drug-likeness (QED) is 0.0490. The summed E-state index contributed by atoms with van der Waals surface area (Å²) in [6.07, 6.45) is 2.73. The van der Waals surface area contributed by atoms with Gasteiger partial charge in [0.2, 0.25) is 41.4 Å². The van der Waals surface area contributed by atoms with Gasteiger partial charge in [0.15, 0.2) is 0 Å². The second kappa shape index (κ2) is 20.9. The van der Waals surface area contributed by atoms with Gasteiger partial charge in [-0.2, -0.15) is 0 Å². The molecule has 4 rings (SSSR count). The number of nitrogens with one attached hydrogen (secondary N) is 7. The number of fused-ring (bicyclic) bond motifs is 1. The first kappa shape index (κ1) is 45.3. The van der Waals surface area contributed by atoms with Crippen molar-refractivity contribution in [3.05, 3.63) is 54.2 Å². The summed E-state index contributed by atoms with van der Waals surface area (Å²) in [6, 6.07) is -2.29. The minimum absolute atomic E-state index is 0.0298. The highest BCUT2D eigenvalue weighted by Gasteiger charge is 2.40. The topological polar surface area (TPSA) is 357 Å². The van der Waals surface area contributed by atoms with E-state index < -0.39 is 102 Å². The van der Waals surface area contributed by atoms with Crippen molar-refractivity contribution >= 4 is 58.2 Å². The van der Waals surface area contributed by atoms with Crippen LogP contribution in [0.4, 0.5) is 0 Å². The van der Waals surface area contributed by atoms with E-state index in [4.69, 9.17) is 16.6 Å². The molecule has 0 saturated carbocycles. The highest BCUT2D eigenvalue weighted by atomic mass is 16.4. The zero-order chi connectivity index (χ0) is 43.4. The summed E-state index contributed by atoms with van der Waals surface area (Å²) in [7, 11) is 0. The van der Waals surface area contributed by atoms with E-state index in [1.165, 1.54) is 31.3 Å². The molecule has 1 aromatic carbocycles. The molecule has 2 aromatic heterocycles. The number of aromatic amines is 2. The lowest BCUT2D eigenvalue weighted by Crippen LogP contribution is -2.61. The van der Waals surface area contributed by atoms with Crippen LogP contribution in [0.1, 0.15) is 50.8 Å². The molecule has 0 unspecified atom stereocenters. The van der Waals surface area contributed by atoms with Gasteiger partial charge in [-0.15, -0.1) is 0 Å². The second-order valence-corrected chi connectivity index (χ2v) is 14.3. The Labute approximate surface area is 337 Å². The number of likely N-dealkylation sites (tertiary alicyclic amines) is 1. The molecule has 14 N–H and O–H groups in total. The van der Waals surface area contributed by atoms with Crippen LogP contribution in [-0.4, -0.2) is 144 Å². The number of hydrogen-bond acceptors (Lipinski definition) is 12. The number of aliphatic hydroxyl groups excluding tert-OH is 2. The molecule has 3 aromatic rings. The number of aromatic nitrogens is 3. The van der Waals surface area contributed by atoms with Gasteiger partial charge >= 0.3 is 5.97 Å². The lowest BCUT2D eigenvalue weighted by Gasteiger charge is -2.30. The molecule has 0 radical (unpaired) electrons. The maximum absolute atomic E-state index is 14.2. The molecular weight excluding hydrogens is 774 g/mol. The van der Waals surface area contributed by atoms with Crippen LogP contribution in [0, 0.1) is 0 Å². The van der Waals surface area contributed by atoms with Crippen molar-refractivity contribution in [1.29, 1.82) is 0 Å². The van der Waals surface area contributed by atoms with Gasteiger partial charge in [-0.05, 0) is 44.7 Å². The second-order valence-electron chi connectivity index (χ2n) is 14.3. The van der Waals surface area contributed by atoms with Gasteiger partial charge < -0.3 is 68.2 Å². The molecule has 0 bridgehead atoms. The highest BCUT2D eigenvalue weighted by Crippen LogP contribution is 2.22. The van der Waals surface area contributed by atoms with Crippen molar-refractivity contribution in [2.75, 3.05) is 13.2 Å². The lowest BCUT2D eigenvalue weighted by molar-refractivity contribution is -0.145. The van der Waals surface area contributed by atoms with E-state index in [1.807, 2.05) is 24.3 Å². The number of carbonyl (C=O) groups excluding carboxylic acids is 7. The Kier molecular flexibility index (Phi) is 16.0. The molecule has 0 aliphatic carbocycles. The predicted octanol–water partition coefficient (Wildman–Crippen LogP) is -3.84. The zero-order valence-corrected chi connectivity index (χ0v) is 32.5. The number of imidazole rings is 1. The van der Waals surface area contributed by atoms with Crippen molar-refractivity contribution < 1.29 is 53.7 Å². The monoisotopic (exact) mass is 825 g/mol. The maximum atomic E-state index is 14.2. The number of carboxylic acids is 1. The Hall–Kier alpha value is -6.39. The zero-order valence-electron chi connectivity index (χ0n) is 32.5. The van der Waals surface area contributed by atoms with E-state index in [9.17, 15) is 48.6 Å². The third-order valence-electron chi connectivity index (χ3n) is 9.81. The molecular formula is C37H51N11O11. The number of aliphatic carboxylic acids is 1. The average molecular weight is 826 g/mol. The van der Waals surface area contributed by atoms with E-state index in [-0.39, 0.29) is 38.6 Å². The van der Waals surface area contributed by atoms with Gasteiger partial charge in [-0.3, -0.25) is 33.6 Å². The first-order chi connectivity index (χ1) is 28.0. The summed E-state index contributed by atoms with van der Waals surface area (Å²) in [6.45, 7) is 1.84. The fraction of sp³-hybridized carbons (Fsp3) is 0.486. The molecule has 0 spiro atoms. The molecule has 22 heteroatoms. The van der Waals surface area contributed by atoms with Crippen LogP contribution in [0.5, 0.6) is 0 Å². The number of primary amides is 1. The third kappa shape index (κ3) is 12.3. The van der Waals surface area contributed by atoms with Crippen LogP contribution in [0.25, 0.3) is 10.9 Å². The van der Waals surface area contributed by atoms with Crippen LogP contribution in [0.2, 0.25) is 0 Å². The fourth-order valence-corrected chi connectivity index (χ4v) is 6.55. The number of hydrogen-bond donors (Lipinski definition) is 12. The van der Waals surface area contributed by atoms with Crippen molar-refractivity contribution in [2.24, 2.45) is 11.5 Å². The number of amides is 7. The Bertz CT molecular complexity index is 1990. The van der Waals surface area contributed by atoms with Gasteiger partial charge in [-0.1, -0.05) is 18.2 Å². The summed E-state index contributed by atoms with van der Waals surface area (Å²) >= 11 is 0. The molecule has 59 heavy (non-hydrogen) atoms. The number of nitrogens with two attached hydrogens (primary N) is 2. The van der Waals surface area contributed by atoms with Gasteiger partial charge in [0.25, 0.3) is 0 Å². The summed E-state index contributed by atoms with van der Waals surface area (Å²) in [5.74, 6) is -7.27. The summed E-state index contributed by atoms with van der Waals surface area (Å²) in [5.41, 5.74) is 12.7. The van der Waals surface area contributed by atoms with Gasteiger partial charge in [0, 0.05) is 54.8 Å². The number of nitrogens with zero attached hydrogens (tertiary/aromatic N) is 2. The Morgan fingerprint density at radius 2 is 1.61 bits per heavy atom. The largest absolute Gasteiger partial charge is 0.480 e. The average Bonchev–Trinajstić information content (AvgIpc) is 3.99. The molecule has 1 saturated heterocycles. The molecule has 8 atom stereocenters. The third-order valence-corrected chi connectivity index (χ3v) is 9.81. The molecule has 1 aliphatic rings. The lowest BCUT2D eigenvalue weighted by atomic mass is 10.0. The predicted molar refractivity (Wildman–Crippen MR) is 207 cm³/mol. The van der Waals surface area contributed by atoms with E-state index in [0.717, 1.165) is 10.9 Å². The number of carboxylic acid groups (broad SMARTS) is 1. The Morgan fingerprint density at radius 1 is 0.898 bits per heavy atom. The fourth-order valence-electron chi connectivity index (χ4n) is 6.55. The molecule has 3 heterocycles. The Morgan fingerprint density at radius 3 is 2.25 bits per heavy atom. The minimum Gasteiger partial charge on any atom is -0.480 e. The summed E-state index contributed by atoms with van der Waals surface area (Å²) in [4.78, 5) is 115. The van der Waals surface area contributed by atoms with Crippen molar-refractivity contribution in [3.63, 3.8) is 0 Å². The molecule has 7 amide bonds. The minimum atomic E-state index is -1.63. The number of H-pyrrole nitrogens is 2. The van der Waals surface area contributed by atoms with Crippen molar-refractivity contribution in [3.8, 4) is 0 Å². The molecule has 1 aliphatic heterocycles. The van der Waals surface area contributed by atoms with Gasteiger partial charge in [0.05, 0.1) is 19.0 Å². The van der Waals surface area contributed by atoms with Crippen LogP contribution in [0.3, 0.4) is 0 Å². The first-order valence-electron chi connectivity index (χ1n) is 18.9. The number of para-hydroxylation sites is 1. The van der Waals surface area contributed by atoms with E-state index in [2.05, 4.69) is 41.5 Å². The molecule has 1 fully saturated rings. The summed E-state index contributed by atoms with van der Waals surface area (Å²) < 4.78 is 0. The smallest absolute Gasteiger partial charge is 0.326 e. The highest BCUT2D eigenvalue weighted by molar-refractivity contribution is 5.97.